The summed E-state index contributed by atoms with van der Waals surface area (Å²) in [6.07, 6.45) is 7.79. The summed E-state index contributed by atoms with van der Waals surface area (Å²) >= 11 is 0. The van der Waals surface area contributed by atoms with Gasteiger partial charge in [0.2, 0.25) is 0 Å². The summed E-state index contributed by atoms with van der Waals surface area (Å²) in [6, 6.07) is 9.26. The standard InChI is InChI=1S/C20H17FN4O/c21-15-4-1-3-14(11-15)20(26)25-18-6-2-5-17-16(18)12-23-19(24-17)13-7-9-22-10-8-13/h1,3-4,7-12,18H,2,5-6H2,(H,25,26)/t18-/m0/s1. The summed E-state index contributed by atoms with van der Waals surface area (Å²) in [5, 5.41) is 2.98. The van der Waals surface area contributed by atoms with Gasteiger partial charge in [0, 0.05) is 41.0 Å². The molecule has 2 aromatic heterocycles. The molecule has 1 aliphatic rings. The molecule has 0 saturated carbocycles. The van der Waals surface area contributed by atoms with E-state index in [2.05, 4.69) is 20.3 Å². The van der Waals surface area contributed by atoms with Crippen LogP contribution in [0.4, 0.5) is 4.39 Å². The summed E-state index contributed by atoms with van der Waals surface area (Å²) in [6.45, 7) is 0. The highest BCUT2D eigenvalue weighted by Crippen LogP contribution is 2.29. The third-order valence-electron chi connectivity index (χ3n) is 4.51. The average molecular weight is 348 g/mol. The first-order valence-electron chi connectivity index (χ1n) is 8.53. The number of nitrogens with zero attached hydrogens (tertiary/aromatic N) is 3. The molecule has 5 nitrogen and oxygen atoms in total. The lowest BCUT2D eigenvalue weighted by atomic mass is 9.92. The van der Waals surface area contributed by atoms with Gasteiger partial charge < -0.3 is 5.32 Å². The van der Waals surface area contributed by atoms with Crippen LogP contribution in [-0.4, -0.2) is 20.9 Å². The summed E-state index contributed by atoms with van der Waals surface area (Å²) in [4.78, 5) is 25.6. The number of nitrogens with one attached hydrogen (secondary N) is 1. The number of amides is 1. The van der Waals surface area contributed by atoms with Crippen molar-refractivity contribution in [2.45, 2.75) is 25.3 Å². The van der Waals surface area contributed by atoms with Crippen LogP contribution in [0.5, 0.6) is 0 Å². The Labute approximate surface area is 150 Å². The zero-order valence-electron chi connectivity index (χ0n) is 14.0. The molecule has 26 heavy (non-hydrogen) atoms. The quantitative estimate of drug-likeness (QED) is 0.787. The van der Waals surface area contributed by atoms with Crippen molar-refractivity contribution >= 4 is 5.91 Å². The minimum atomic E-state index is -0.424. The summed E-state index contributed by atoms with van der Waals surface area (Å²) in [5.74, 6) is -0.0594. The molecule has 0 spiro atoms. The second kappa shape index (κ2) is 7.00. The van der Waals surface area contributed by atoms with E-state index in [0.29, 0.717) is 11.4 Å². The fourth-order valence-electron chi connectivity index (χ4n) is 3.21. The number of hydrogen-bond donors (Lipinski definition) is 1. The van der Waals surface area contributed by atoms with Gasteiger partial charge in [-0.05, 0) is 49.6 Å². The molecule has 1 aliphatic carbocycles. The van der Waals surface area contributed by atoms with Gasteiger partial charge >= 0.3 is 0 Å². The van der Waals surface area contributed by atoms with Crippen LogP contribution in [0.1, 0.15) is 40.5 Å². The van der Waals surface area contributed by atoms with E-state index in [1.165, 1.54) is 18.2 Å². The Morgan fingerprint density at radius 1 is 1.19 bits per heavy atom. The molecule has 0 aliphatic heterocycles. The van der Waals surface area contributed by atoms with Crippen molar-refractivity contribution in [2.75, 3.05) is 0 Å². The molecular weight excluding hydrogens is 331 g/mol. The normalized spacial score (nSPS) is 16.0. The van der Waals surface area contributed by atoms with Crippen LogP contribution in [0, 0.1) is 5.82 Å². The SMILES string of the molecule is O=C(N[C@H]1CCCc2nc(-c3ccncc3)ncc21)c1cccc(F)c1. The van der Waals surface area contributed by atoms with Crippen molar-refractivity contribution in [3.8, 4) is 11.4 Å². The zero-order valence-corrected chi connectivity index (χ0v) is 14.0. The number of carbonyl (C=O) groups excluding carboxylic acids is 1. The maximum absolute atomic E-state index is 13.3. The number of hydrogen-bond acceptors (Lipinski definition) is 4. The van der Waals surface area contributed by atoms with E-state index in [0.717, 1.165) is 36.1 Å². The molecule has 6 heteroatoms. The molecule has 130 valence electrons. The van der Waals surface area contributed by atoms with E-state index in [4.69, 9.17) is 0 Å². The number of aryl methyl sites for hydroxylation is 1. The van der Waals surface area contributed by atoms with Gasteiger partial charge in [-0.25, -0.2) is 14.4 Å². The molecule has 1 atom stereocenters. The molecule has 1 N–H and O–H groups in total. The second-order valence-electron chi connectivity index (χ2n) is 6.26. The number of halogens is 1. The molecule has 1 aromatic carbocycles. The third-order valence-corrected chi connectivity index (χ3v) is 4.51. The van der Waals surface area contributed by atoms with Crippen LogP contribution in [0.2, 0.25) is 0 Å². The van der Waals surface area contributed by atoms with Crippen LogP contribution >= 0.6 is 0 Å². The van der Waals surface area contributed by atoms with Gasteiger partial charge in [-0.3, -0.25) is 9.78 Å². The van der Waals surface area contributed by atoms with E-state index in [-0.39, 0.29) is 11.9 Å². The average Bonchev–Trinajstić information content (AvgIpc) is 2.68. The lowest BCUT2D eigenvalue weighted by Crippen LogP contribution is -2.31. The third kappa shape index (κ3) is 3.31. The molecule has 0 saturated heterocycles. The van der Waals surface area contributed by atoms with Gasteiger partial charge in [0.05, 0.1) is 6.04 Å². The number of fused-ring (bicyclic) bond motifs is 1. The van der Waals surface area contributed by atoms with Crippen molar-refractivity contribution < 1.29 is 9.18 Å². The summed E-state index contributed by atoms with van der Waals surface area (Å²) < 4.78 is 13.3. The fourth-order valence-corrected chi connectivity index (χ4v) is 3.21. The lowest BCUT2D eigenvalue weighted by Gasteiger charge is -2.25. The second-order valence-corrected chi connectivity index (χ2v) is 6.26. The lowest BCUT2D eigenvalue weighted by molar-refractivity contribution is 0.0932. The first-order valence-corrected chi connectivity index (χ1v) is 8.53. The van der Waals surface area contributed by atoms with E-state index in [9.17, 15) is 9.18 Å². The minimum Gasteiger partial charge on any atom is -0.345 e. The van der Waals surface area contributed by atoms with Crippen LogP contribution in [0.15, 0.2) is 55.0 Å². The highest BCUT2D eigenvalue weighted by Gasteiger charge is 2.24. The van der Waals surface area contributed by atoms with Gasteiger partial charge in [0.15, 0.2) is 5.82 Å². The van der Waals surface area contributed by atoms with E-state index >= 15 is 0 Å². The molecule has 0 fully saturated rings. The molecule has 2 heterocycles. The Morgan fingerprint density at radius 2 is 2.04 bits per heavy atom. The highest BCUT2D eigenvalue weighted by atomic mass is 19.1. The van der Waals surface area contributed by atoms with Gasteiger partial charge in [-0.1, -0.05) is 6.07 Å². The Morgan fingerprint density at radius 3 is 2.85 bits per heavy atom. The maximum atomic E-state index is 13.3. The molecule has 0 radical (unpaired) electrons. The molecule has 3 aromatic rings. The molecule has 1 amide bonds. The smallest absolute Gasteiger partial charge is 0.251 e. The number of rotatable bonds is 3. The van der Waals surface area contributed by atoms with Gasteiger partial charge in [0.1, 0.15) is 5.82 Å². The molecule has 4 rings (SSSR count). The van der Waals surface area contributed by atoms with Gasteiger partial charge in [-0.2, -0.15) is 0 Å². The van der Waals surface area contributed by atoms with Crippen molar-refractivity contribution in [3.63, 3.8) is 0 Å². The molecular formula is C20H17FN4O. The van der Waals surface area contributed by atoms with Gasteiger partial charge in [-0.15, -0.1) is 0 Å². The minimum absolute atomic E-state index is 0.166. The Kier molecular flexibility index (Phi) is 4.39. The number of aromatic nitrogens is 3. The van der Waals surface area contributed by atoms with Crippen LogP contribution < -0.4 is 5.32 Å². The van der Waals surface area contributed by atoms with Crippen molar-refractivity contribution in [1.29, 1.82) is 0 Å². The fraction of sp³-hybridized carbons (Fsp3) is 0.200. The molecule has 0 unspecified atom stereocenters. The number of pyridine rings is 1. The van der Waals surface area contributed by atoms with Gasteiger partial charge in [0.25, 0.3) is 5.91 Å². The molecule has 0 bridgehead atoms. The van der Waals surface area contributed by atoms with Crippen molar-refractivity contribution in [1.82, 2.24) is 20.3 Å². The van der Waals surface area contributed by atoms with Crippen LogP contribution in [0.25, 0.3) is 11.4 Å². The van der Waals surface area contributed by atoms with E-state index < -0.39 is 5.82 Å². The maximum Gasteiger partial charge on any atom is 0.251 e. The van der Waals surface area contributed by atoms with E-state index in [1.54, 1.807) is 24.7 Å². The summed E-state index contributed by atoms with van der Waals surface area (Å²) in [7, 11) is 0. The monoisotopic (exact) mass is 348 g/mol. The largest absolute Gasteiger partial charge is 0.345 e. The first-order chi connectivity index (χ1) is 12.7. The number of carbonyl (C=O) groups is 1. The Hall–Kier alpha value is -3.15. The number of benzene rings is 1. The van der Waals surface area contributed by atoms with Crippen molar-refractivity contribution in [3.05, 3.63) is 77.6 Å². The first kappa shape index (κ1) is 16.3. The van der Waals surface area contributed by atoms with Crippen LogP contribution in [-0.2, 0) is 6.42 Å². The highest BCUT2D eigenvalue weighted by molar-refractivity contribution is 5.94. The Bertz CT molecular complexity index is 946. The van der Waals surface area contributed by atoms with Crippen molar-refractivity contribution in [2.24, 2.45) is 0 Å². The predicted molar refractivity (Wildman–Crippen MR) is 94.8 cm³/mol. The Balaban J connectivity index is 1.58. The summed E-state index contributed by atoms with van der Waals surface area (Å²) in [5.41, 5.74) is 3.10. The van der Waals surface area contributed by atoms with Crippen LogP contribution in [0.3, 0.4) is 0 Å². The van der Waals surface area contributed by atoms with E-state index in [1.807, 2.05) is 12.1 Å². The zero-order chi connectivity index (χ0) is 17.9. The predicted octanol–water partition coefficient (Wildman–Crippen LogP) is 3.49. The topological polar surface area (TPSA) is 67.8 Å².